The summed E-state index contributed by atoms with van der Waals surface area (Å²) in [4.78, 5) is 0. The Labute approximate surface area is 162 Å². The van der Waals surface area contributed by atoms with E-state index in [1.54, 1.807) is 6.07 Å². The molecule has 1 aliphatic rings. The highest BCUT2D eigenvalue weighted by molar-refractivity contribution is 5.81. The van der Waals surface area contributed by atoms with Gasteiger partial charge in [0.15, 0.2) is 0 Å². The van der Waals surface area contributed by atoms with Gasteiger partial charge in [0, 0.05) is 12.0 Å². The molecule has 3 aromatic carbocycles. The molecule has 1 aliphatic carbocycles. The summed E-state index contributed by atoms with van der Waals surface area (Å²) in [5.74, 6) is -2.18. The van der Waals surface area contributed by atoms with E-state index >= 15 is 4.39 Å². The highest BCUT2D eigenvalue weighted by atomic mass is 19.1. The van der Waals surface area contributed by atoms with Gasteiger partial charge in [-0.25, -0.2) is 13.2 Å². The predicted molar refractivity (Wildman–Crippen MR) is 103 cm³/mol. The standard InChI is InChI=1S/C24H18F3N/c1-2-3-4-14-5-8-18-17(9-14)10-20-19(18)12-22(26)23(24(20)27)15-6-7-16(13-28)21(25)11-15/h5-9,11-12H,2-4,10H2,1H3. The van der Waals surface area contributed by atoms with Gasteiger partial charge in [-0.1, -0.05) is 37.6 Å². The number of hydrogen-bond acceptors (Lipinski definition) is 1. The Morgan fingerprint density at radius 1 is 0.964 bits per heavy atom. The lowest BCUT2D eigenvalue weighted by molar-refractivity contribution is 0.582. The van der Waals surface area contributed by atoms with Crippen molar-refractivity contribution in [2.45, 2.75) is 32.6 Å². The Hall–Kier alpha value is -3.06. The molecule has 0 heterocycles. The molecule has 0 N–H and O–H groups in total. The quantitative estimate of drug-likeness (QED) is 0.395. The van der Waals surface area contributed by atoms with Crippen LogP contribution in [0.1, 0.15) is 42.0 Å². The van der Waals surface area contributed by atoms with Crippen molar-refractivity contribution >= 4 is 0 Å². The summed E-state index contributed by atoms with van der Waals surface area (Å²) in [6.45, 7) is 2.13. The molecule has 140 valence electrons. The topological polar surface area (TPSA) is 23.8 Å². The van der Waals surface area contributed by atoms with Crippen LogP contribution in [-0.4, -0.2) is 0 Å². The van der Waals surface area contributed by atoms with Gasteiger partial charge in [0.1, 0.15) is 23.5 Å². The molecule has 0 saturated heterocycles. The third-order valence-corrected chi connectivity index (χ3v) is 5.34. The summed E-state index contributed by atoms with van der Waals surface area (Å²) in [5, 5.41) is 8.85. The molecule has 4 rings (SSSR count). The second-order valence-electron chi connectivity index (χ2n) is 7.15. The molecule has 3 aromatic rings. The van der Waals surface area contributed by atoms with Crippen LogP contribution in [0.5, 0.6) is 0 Å². The SMILES string of the molecule is CCCCc1ccc2c(c1)Cc1c-2cc(F)c(-c2ccc(C#N)c(F)c2)c1F. The minimum atomic E-state index is -0.789. The molecule has 0 bridgehead atoms. The van der Waals surface area contributed by atoms with E-state index in [9.17, 15) is 8.78 Å². The van der Waals surface area contributed by atoms with Crippen molar-refractivity contribution in [2.24, 2.45) is 0 Å². The van der Waals surface area contributed by atoms with Gasteiger partial charge in [0.2, 0.25) is 0 Å². The van der Waals surface area contributed by atoms with Gasteiger partial charge in [-0.3, -0.25) is 0 Å². The van der Waals surface area contributed by atoms with Crippen LogP contribution in [0.15, 0.2) is 42.5 Å². The number of hydrogen-bond donors (Lipinski definition) is 0. The number of unbranched alkanes of at least 4 members (excludes halogenated alkanes) is 1. The smallest absolute Gasteiger partial charge is 0.141 e. The Kier molecular flexibility index (Phi) is 4.68. The van der Waals surface area contributed by atoms with Crippen LogP contribution in [0, 0.1) is 28.8 Å². The maximum absolute atomic E-state index is 15.3. The summed E-state index contributed by atoms with van der Waals surface area (Å²) in [7, 11) is 0. The molecule has 0 fully saturated rings. The van der Waals surface area contributed by atoms with E-state index in [2.05, 4.69) is 13.0 Å². The van der Waals surface area contributed by atoms with Crippen molar-refractivity contribution in [2.75, 3.05) is 0 Å². The fraction of sp³-hybridized carbons (Fsp3) is 0.208. The summed E-state index contributed by atoms with van der Waals surface area (Å²) < 4.78 is 44.1. The second kappa shape index (κ2) is 7.16. The fourth-order valence-corrected chi connectivity index (χ4v) is 3.88. The van der Waals surface area contributed by atoms with E-state index < -0.39 is 17.5 Å². The Morgan fingerprint density at radius 2 is 1.79 bits per heavy atom. The molecule has 0 unspecified atom stereocenters. The first kappa shape index (κ1) is 18.3. The Balaban J connectivity index is 1.79. The molecular formula is C24H18F3N. The van der Waals surface area contributed by atoms with Gasteiger partial charge in [0.25, 0.3) is 0 Å². The number of nitrogens with zero attached hydrogens (tertiary/aromatic N) is 1. The van der Waals surface area contributed by atoms with E-state index in [1.807, 2.05) is 12.1 Å². The highest BCUT2D eigenvalue weighted by Gasteiger charge is 2.27. The third kappa shape index (κ3) is 2.97. The van der Waals surface area contributed by atoms with Crippen molar-refractivity contribution in [1.82, 2.24) is 0 Å². The van der Waals surface area contributed by atoms with Gasteiger partial charge >= 0.3 is 0 Å². The van der Waals surface area contributed by atoms with Crippen molar-refractivity contribution in [3.05, 3.63) is 82.2 Å². The molecule has 0 amide bonds. The number of halogens is 3. The van der Waals surface area contributed by atoms with Crippen LogP contribution < -0.4 is 0 Å². The molecule has 1 nitrogen and oxygen atoms in total. The predicted octanol–water partition coefficient (Wildman–Crippen LogP) is 6.56. The van der Waals surface area contributed by atoms with Crippen molar-refractivity contribution in [1.29, 1.82) is 5.26 Å². The molecule has 4 heteroatoms. The normalized spacial score (nSPS) is 11.8. The maximum Gasteiger partial charge on any atom is 0.141 e. The van der Waals surface area contributed by atoms with E-state index in [0.29, 0.717) is 17.5 Å². The van der Waals surface area contributed by atoms with Crippen LogP contribution >= 0.6 is 0 Å². The summed E-state index contributed by atoms with van der Waals surface area (Å²) >= 11 is 0. The molecule has 0 spiro atoms. The minimum Gasteiger partial charge on any atom is -0.206 e. The summed E-state index contributed by atoms with van der Waals surface area (Å²) in [5.41, 5.74) is 3.72. The van der Waals surface area contributed by atoms with E-state index in [4.69, 9.17) is 5.26 Å². The first-order valence-corrected chi connectivity index (χ1v) is 9.36. The van der Waals surface area contributed by atoms with Crippen LogP contribution in [0.3, 0.4) is 0 Å². The number of aryl methyl sites for hydroxylation is 1. The minimum absolute atomic E-state index is 0.0916. The molecule has 28 heavy (non-hydrogen) atoms. The van der Waals surface area contributed by atoms with Gasteiger partial charge in [-0.2, -0.15) is 5.26 Å². The van der Waals surface area contributed by atoms with Crippen LogP contribution in [0.4, 0.5) is 13.2 Å². The lowest BCUT2D eigenvalue weighted by atomic mass is 9.96. The number of rotatable bonds is 4. The number of nitriles is 1. The monoisotopic (exact) mass is 377 g/mol. The third-order valence-electron chi connectivity index (χ3n) is 5.34. The van der Waals surface area contributed by atoms with Gasteiger partial charge in [0.05, 0.1) is 11.1 Å². The molecule has 0 atom stereocenters. The van der Waals surface area contributed by atoms with Crippen LogP contribution in [0.25, 0.3) is 22.3 Å². The lowest BCUT2D eigenvalue weighted by Crippen LogP contribution is -1.98. The average Bonchev–Trinajstić information content (AvgIpc) is 3.04. The van der Waals surface area contributed by atoms with Crippen molar-refractivity contribution in [3.63, 3.8) is 0 Å². The molecular weight excluding hydrogens is 359 g/mol. The summed E-state index contributed by atoms with van der Waals surface area (Å²) in [6, 6.07) is 12.7. The number of benzene rings is 3. The van der Waals surface area contributed by atoms with Gasteiger partial charge in [-0.05, 0) is 58.9 Å². The average molecular weight is 377 g/mol. The molecule has 0 radical (unpaired) electrons. The van der Waals surface area contributed by atoms with E-state index in [1.165, 1.54) is 23.8 Å². The zero-order valence-electron chi connectivity index (χ0n) is 15.5. The highest BCUT2D eigenvalue weighted by Crippen LogP contribution is 2.42. The van der Waals surface area contributed by atoms with Crippen LogP contribution in [0.2, 0.25) is 0 Å². The largest absolute Gasteiger partial charge is 0.206 e. The van der Waals surface area contributed by atoms with Gasteiger partial charge in [-0.15, -0.1) is 0 Å². The molecule has 0 aliphatic heterocycles. The second-order valence-corrected chi connectivity index (χ2v) is 7.15. The number of fused-ring (bicyclic) bond motifs is 3. The first-order chi connectivity index (χ1) is 13.5. The molecule has 0 aromatic heterocycles. The van der Waals surface area contributed by atoms with Gasteiger partial charge < -0.3 is 0 Å². The van der Waals surface area contributed by atoms with Crippen molar-refractivity contribution < 1.29 is 13.2 Å². The van der Waals surface area contributed by atoms with E-state index in [0.717, 1.165) is 36.5 Å². The lowest BCUT2D eigenvalue weighted by Gasteiger charge is -2.11. The Morgan fingerprint density at radius 3 is 2.50 bits per heavy atom. The fourth-order valence-electron chi connectivity index (χ4n) is 3.88. The zero-order valence-corrected chi connectivity index (χ0v) is 15.5. The van der Waals surface area contributed by atoms with Crippen molar-refractivity contribution in [3.8, 4) is 28.3 Å². The zero-order chi connectivity index (χ0) is 19.8. The summed E-state index contributed by atoms with van der Waals surface area (Å²) in [6.07, 6.45) is 3.54. The van der Waals surface area contributed by atoms with E-state index in [-0.39, 0.29) is 16.7 Å². The maximum atomic E-state index is 15.3. The molecule has 0 saturated carbocycles. The first-order valence-electron chi connectivity index (χ1n) is 9.36. The Bertz CT molecular complexity index is 1130. The van der Waals surface area contributed by atoms with Crippen LogP contribution in [-0.2, 0) is 12.8 Å².